The van der Waals surface area contributed by atoms with Gasteiger partial charge in [0.05, 0.1) is 39.4 Å². The van der Waals surface area contributed by atoms with E-state index in [-0.39, 0.29) is 60.7 Å². The van der Waals surface area contributed by atoms with Gasteiger partial charge in [-0.25, -0.2) is 34.3 Å². The van der Waals surface area contributed by atoms with E-state index in [0.29, 0.717) is 57.0 Å². The number of carbonyl (C=O) groups is 4. The molecule has 21 heteroatoms. The molecule has 0 spiro atoms. The standard InChI is InChI=1S/C32H34ClN5O3.C20H21ClN4.C12H15NO4.BH.U/c1-32(2,3)41-31(40)36-21-11-8-20(9-12-21)29(39)38-23-13-14-24(38)17-22(16-23)35-30-34-18-27(33)28(37-30)26-15-10-19-6-4-5-7-25(19)26;21-18-11-22-20(24-15-9-13-6-7-14(10-15)23-13)25-19(18)17-8-5-12-3-1-2-4-16(12)17;1-12(2,3)17-11(16)13-9-6-4-8(5-7-9)10(14)15;;/h4-9,11-12,15,18,22-24H,10,13-14,16-17H2,1-3H3,(H,36,40)(H,34,35,37);1-4,8,11,13-15,23H,5-7,9-10H2,(H,22,24,25);4-7H,1-3H3,(H,13,16)(H,14,15);1H;/t22?,23-,24+;13-,14+,15?;;;/i;;;1T;. The number of hydrogen-bond donors (Lipinski definition) is 6. The number of nitrogens with one attached hydrogen (secondary N) is 5. The number of aromatic nitrogens is 4. The number of ether oxygens (including phenoxy) is 2. The molecular weight excluding hydrogens is 1340 g/mol. The molecule has 4 bridgehead atoms. The first-order valence-electron chi connectivity index (χ1n) is 28.9. The summed E-state index contributed by atoms with van der Waals surface area (Å²) >= 11 is 13.0. The Labute approximate surface area is 533 Å². The van der Waals surface area contributed by atoms with Crippen LogP contribution in [0.2, 0.25) is 10.0 Å². The van der Waals surface area contributed by atoms with Gasteiger partial charge < -0.3 is 35.4 Å². The predicted molar refractivity (Wildman–Crippen MR) is 331 cm³/mol. The average Bonchev–Trinajstić information content (AvgIpc) is 3.18. The largest absolute Gasteiger partial charge is 0.478 e. The maximum absolute atomic E-state index is 13.5. The molecule has 4 aliphatic heterocycles. The van der Waals surface area contributed by atoms with Crippen molar-refractivity contribution in [3.63, 3.8) is 0 Å². The maximum atomic E-state index is 13.5. The van der Waals surface area contributed by atoms with E-state index >= 15 is 0 Å². The van der Waals surface area contributed by atoms with Crippen molar-refractivity contribution in [2.75, 3.05) is 21.3 Å². The topological polar surface area (TPSA) is 222 Å². The van der Waals surface area contributed by atoms with Crippen molar-refractivity contribution in [1.29, 1.82) is 1.34 Å². The van der Waals surface area contributed by atoms with Gasteiger partial charge in [-0.05, 0) is 178 Å². The number of allylic oxidation sites excluding steroid dienone is 2. The number of aromatic carboxylic acids is 1. The van der Waals surface area contributed by atoms with Crippen LogP contribution in [0.25, 0.3) is 11.1 Å². The molecule has 6 atom stereocenters. The smallest absolute Gasteiger partial charge is 0.412 e. The molecule has 12 rings (SSSR count). The second-order valence-electron chi connectivity index (χ2n) is 23.8. The average molecular weight is 1410 g/mol. The van der Waals surface area contributed by atoms with E-state index in [1.807, 2.05) is 31.7 Å². The van der Waals surface area contributed by atoms with Crippen molar-refractivity contribution in [2.24, 2.45) is 0 Å². The summed E-state index contributed by atoms with van der Waals surface area (Å²) in [5.41, 5.74) is 9.45. The van der Waals surface area contributed by atoms with Gasteiger partial charge in [0.2, 0.25) is 11.9 Å². The Hall–Kier alpha value is -6.74. The molecule has 2 aromatic heterocycles. The van der Waals surface area contributed by atoms with Gasteiger partial charge in [0, 0.05) is 104 Å². The van der Waals surface area contributed by atoms with E-state index in [0.717, 1.165) is 79.5 Å². The third-order valence-corrected chi connectivity index (χ3v) is 15.9. The Morgan fingerprint density at radius 1 is 0.612 bits per heavy atom. The summed E-state index contributed by atoms with van der Waals surface area (Å²) in [4.78, 5) is 68.2. The zero-order valence-electron chi connectivity index (χ0n) is 49.5. The SMILES string of the molecule is CC(C)(C)OC(=O)Nc1ccc(C(=O)N2[C@@H]3CC[C@H]2CC(Nc2ncc(Cl)c(C4=CCc5ccccc54)n2)C3)cc1.CC(C)(C)OC(=O)Nc1ccc(C(=O)O)cc1.Clc1cnc(NC2C[C@H]3CC[C@@H](C2)N3)nc1C1=CCc2ccccc21.[3H][B].[U]. The molecule has 4 aromatic carbocycles. The van der Waals surface area contributed by atoms with Crippen molar-refractivity contribution in [3.05, 3.63) is 176 Å². The number of rotatable bonds is 10. The fraction of sp³-hybridized carbons (Fsp3) is 0.375. The van der Waals surface area contributed by atoms with Crippen LogP contribution in [0.1, 0.15) is 147 Å². The molecule has 440 valence electrons. The van der Waals surface area contributed by atoms with Crippen LogP contribution in [0, 0.1) is 31.1 Å². The van der Waals surface area contributed by atoms with Gasteiger partial charge in [0.15, 0.2) is 0 Å². The van der Waals surface area contributed by atoms with E-state index in [4.69, 9.17) is 49.1 Å². The van der Waals surface area contributed by atoms with Crippen molar-refractivity contribution in [3.8, 4) is 0 Å². The van der Waals surface area contributed by atoms with Crippen LogP contribution in [-0.2, 0) is 22.3 Å². The summed E-state index contributed by atoms with van der Waals surface area (Å²) in [6, 6.07) is 31.8. The molecule has 17 nitrogen and oxygen atoms in total. The Kier molecular flexibility index (Phi) is 20.5. The van der Waals surface area contributed by atoms with Gasteiger partial charge in [-0.3, -0.25) is 15.4 Å². The van der Waals surface area contributed by atoms with Crippen molar-refractivity contribution in [2.45, 2.75) is 153 Å². The molecule has 4 saturated heterocycles. The summed E-state index contributed by atoms with van der Waals surface area (Å²) in [6.45, 7) is 10.7. The number of benzene rings is 4. The molecule has 3 amide bonds. The monoisotopic (exact) mass is 1410 g/mol. The number of carbonyl (C=O) groups excluding carboxylic acids is 3. The number of amides is 3. The summed E-state index contributed by atoms with van der Waals surface area (Å²) in [5.74, 6) is 0.272. The van der Waals surface area contributed by atoms with Gasteiger partial charge in [0.1, 0.15) is 11.2 Å². The van der Waals surface area contributed by atoms with Gasteiger partial charge >= 0.3 is 18.2 Å². The van der Waals surface area contributed by atoms with E-state index in [1.54, 1.807) is 57.4 Å². The number of piperidine rings is 2. The molecule has 4 fully saturated rings. The molecule has 2 radical (unpaired) electrons. The molecule has 6 N–H and O–H groups in total. The van der Waals surface area contributed by atoms with Crippen LogP contribution < -0.4 is 26.6 Å². The molecule has 2 unspecified atom stereocenters. The van der Waals surface area contributed by atoms with Gasteiger partial charge in [-0.15, -0.1) is 0 Å². The molecule has 0 saturated carbocycles. The zero-order chi connectivity index (χ0) is 60.6. The minimum atomic E-state index is -1.01. The number of hydrogen-bond acceptors (Lipinski definition) is 13. The van der Waals surface area contributed by atoms with Crippen molar-refractivity contribution in [1.82, 2.24) is 30.2 Å². The number of anilines is 4. The van der Waals surface area contributed by atoms with E-state index in [1.165, 1.54) is 53.8 Å². The maximum Gasteiger partial charge on any atom is 0.412 e. The van der Waals surface area contributed by atoms with Gasteiger partial charge in [0.25, 0.3) is 5.91 Å². The third-order valence-electron chi connectivity index (χ3n) is 15.3. The Bertz CT molecular complexity index is 3450. The van der Waals surface area contributed by atoms with Crippen molar-refractivity contribution >= 4 is 90.1 Å². The quantitative estimate of drug-likeness (QED) is 0.0703. The van der Waals surface area contributed by atoms with Crippen LogP contribution >= 0.6 is 23.2 Å². The third kappa shape index (κ3) is 16.4. The molecule has 2 aliphatic carbocycles. The Balaban J connectivity index is 0.000000181. The number of fused-ring (bicyclic) bond motifs is 6. The van der Waals surface area contributed by atoms with E-state index in [2.05, 4.69) is 99.5 Å². The minimum Gasteiger partial charge on any atom is -0.478 e. The molecule has 85 heavy (non-hydrogen) atoms. The van der Waals surface area contributed by atoms with Crippen LogP contribution in [0.5, 0.6) is 0 Å². The van der Waals surface area contributed by atoms with E-state index < -0.39 is 29.4 Å². The summed E-state index contributed by atoms with van der Waals surface area (Å²) < 4.78 is 15.6. The first-order chi connectivity index (χ1) is 40.7. The normalized spacial score (nSPS) is 20.4. The number of carboxylic acids is 1. The second kappa shape index (κ2) is 27.7. The summed E-state index contributed by atoms with van der Waals surface area (Å²) in [7, 11) is 3.75. The molecular formula is C64H71BCl2N10O7U. The molecule has 6 heterocycles. The van der Waals surface area contributed by atoms with Gasteiger partial charge in [-0.2, -0.15) is 0 Å². The molecule has 6 aromatic rings. The summed E-state index contributed by atoms with van der Waals surface area (Å²) in [6.07, 6.45) is 17.0. The number of carboxylic acid groups (broad SMARTS) is 1. The van der Waals surface area contributed by atoms with Gasteiger partial charge in [-0.1, -0.05) is 83.9 Å². The van der Waals surface area contributed by atoms with Crippen LogP contribution in [0.4, 0.5) is 32.9 Å². The van der Waals surface area contributed by atoms with Crippen LogP contribution in [0.3, 0.4) is 0 Å². The Morgan fingerprint density at radius 2 is 1.02 bits per heavy atom. The number of halogens is 2. The minimum absolute atomic E-state index is 0. The second-order valence-corrected chi connectivity index (χ2v) is 24.6. The number of nitrogens with zero attached hydrogens (tertiary/aromatic N) is 5. The Morgan fingerprint density at radius 3 is 1.45 bits per heavy atom. The predicted octanol–water partition coefficient (Wildman–Crippen LogP) is 12.6. The fourth-order valence-corrected chi connectivity index (χ4v) is 12.2. The van der Waals surface area contributed by atoms with Crippen LogP contribution in [0.15, 0.2) is 122 Å². The van der Waals surface area contributed by atoms with Crippen LogP contribution in [-0.4, -0.2) is 111 Å². The van der Waals surface area contributed by atoms with Crippen molar-refractivity contribution < 1.29 is 64.9 Å². The summed E-state index contributed by atoms with van der Waals surface area (Å²) in [5, 5.41) is 25.8. The first kappa shape index (κ1) is 62.8. The zero-order valence-corrected chi connectivity index (χ0v) is 54.2. The fourth-order valence-electron chi connectivity index (χ4n) is 11.8. The first-order valence-corrected chi connectivity index (χ1v) is 29.1. The van der Waals surface area contributed by atoms with E-state index in [9.17, 15) is 19.2 Å². The molecule has 6 aliphatic rings.